The van der Waals surface area contributed by atoms with E-state index in [1.165, 1.54) is 12.1 Å². The lowest BCUT2D eigenvalue weighted by atomic mass is 9.85. The van der Waals surface area contributed by atoms with Crippen LogP contribution in [0.1, 0.15) is 31.9 Å². The molecule has 3 nitrogen and oxygen atoms in total. The monoisotopic (exact) mass is 277 g/mol. The van der Waals surface area contributed by atoms with Crippen LogP contribution in [0.15, 0.2) is 30.0 Å². The summed E-state index contributed by atoms with van der Waals surface area (Å²) in [4.78, 5) is 13.6. The van der Waals surface area contributed by atoms with Crippen LogP contribution < -0.4 is 0 Å². The Hall–Kier alpha value is -1.84. The first-order chi connectivity index (χ1) is 9.20. The van der Waals surface area contributed by atoms with Gasteiger partial charge >= 0.3 is 0 Å². The number of carbonyl (C=O) groups is 1. The van der Waals surface area contributed by atoms with Crippen LogP contribution in [0, 0.1) is 18.2 Å². The third kappa shape index (κ3) is 2.69. The Labute approximate surface area is 118 Å². The van der Waals surface area contributed by atoms with Gasteiger partial charge in [0.1, 0.15) is 11.6 Å². The molecule has 1 aromatic carbocycles. The van der Waals surface area contributed by atoms with Crippen molar-refractivity contribution in [1.82, 2.24) is 4.90 Å². The van der Waals surface area contributed by atoms with E-state index in [9.17, 15) is 14.3 Å². The molecule has 4 heteroatoms. The number of carbonyl (C=O) groups excluding carboxylic acids is 1. The number of nitrogens with zero attached hydrogens (tertiary/aromatic N) is 1. The summed E-state index contributed by atoms with van der Waals surface area (Å²) in [6, 6.07) is 4.47. The molecule has 1 aliphatic rings. The van der Waals surface area contributed by atoms with Gasteiger partial charge in [0.05, 0.1) is 6.04 Å². The number of hydrogen-bond acceptors (Lipinski definition) is 2. The van der Waals surface area contributed by atoms with Crippen LogP contribution in [0.3, 0.4) is 0 Å². The second kappa shape index (κ2) is 4.93. The second-order valence-corrected chi connectivity index (χ2v) is 6.39. The highest BCUT2D eigenvalue weighted by Crippen LogP contribution is 2.34. The molecule has 2 rings (SSSR count). The molecule has 1 amide bonds. The van der Waals surface area contributed by atoms with Crippen LogP contribution in [0.5, 0.6) is 0 Å². The average molecular weight is 277 g/mol. The Morgan fingerprint density at radius 2 is 2.00 bits per heavy atom. The topological polar surface area (TPSA) is 40.5 Å². The largest absolute Gasteiger partial charge is 0.510 e. The summed E-state index contributed by atoms with van der Waals surface area (Å²) in [5, 5.41) is 9.98. The Kier molecular flexibility index (Phi) is 3.59. The van der Waals surface area contributed by atoms with Gasteiger partial charge in [0.15, 0.2) is 0 Å². The van der Waals surface area contributed by atoms with E-state index in [0.717, 1.165) is 5.56 Å². The van der Waals surface area contributed by atoms with E-state index in [0.29, 0.717) is 12.1 Å². The van der Waals surface area contributed by atoms with E-state index < -0.39 is 0 Å². The van der Waals surface area contributed by atoms with E-state index >= 15 is 0 Å². The molecule has 20 heavy (non-hydrogen) atoms. The van der Waals surface area contributed by atoms with E-state index in [2.05, 4.69) is 0 Å². The molecule has 0 saturated carbocycles. The van der Waals surface area contributed by atoms with Crippen LogP contribution in [-0.4, -0.2) is 22.0 Å². The molecular weight excluding hydrogens is 257 g/mol. The fourth-order valence-electron chi connectivity index (χ4n) is 2.66. The van der Waals surface area contributed by atoms with Gasteiger partial charge in [0.25, 0.3) is 5.91 Å². The van der Waals surface area contributed by atoms with Gasteiger partial charge in [-0.1, -0.05) is 32.9 Å². The molecule has 1 heterocycles. The first-order valence-corrected chi connectivity index (χ1v) is 6.66. The third-order valence-corrected chi connectivity index (χ3v) is 3.54. The van der Waals surface area contributed by atoms with E-state index in [4.69, 9.17) is 0 Å². The fourth-order valence-corrected chi connectivity index (χ4v) is 2.66. The lowest BCUT2D eigenvalue weighted by Gasteiger charge is -2.35. The van der Waals surface area contributed by atoms with Gasteiger partial charge in [-0.3, -0.25) is 4.79 Å². The van der Waals surface area contributed by atoms with E-state index in [-0.39, 0.29) is 28.9 Å². The van der Waals surface area contributed by atoms with Crippen LogP contribution in [0.25, 0.3) is 0 Å². The molecule has 1 aromatic rings. The lowest BCUT2D eigenvalue weighted by molar-refractivity contribution is -0.128. The predicted octanol–water partition coefficient (Wildman–Crippen LogP) is 3.33. The van der Waals surface area contributed by atoms with Crippen molar-refractivity contribution in [3.63, 3.8) is 0 Å². The van der Waals surface area contributed by atoms with Gasteiger partial charge in [-0.15, -0.1) is 0 Å². The summed E-state index contributed by atoms with van der Waals surface area (Å²) in [5.41, 5.74) is 1.15. The molecule has 108 valence electrons. The molecule has 1 unspecified atom stereocenters. The number of aryl methyl sites for hydroxylation is 1. The zero-order chi connectivity index (χ0) is 15.1. The number of amides is 1. The molecule has 1 N–H and O–H groups in total. The van der Waals surface area contributed by atoms with Gasteiger partial charge in [-0.25, -0.2) is 4.39 Å². The Morgan fingerprint density at radius 1 is 1.35 bits per heavy atom. The van der Waals surface area contributed by atoms with Gasteiger partial charge < -0.3 is 10.0 Å². The number of aliphatic hydroxyl groups excluding tert-OH is 1. The maximum absolute atomic E-state index is 13.3. The van der Waals surface area contributed by atoms with Crippen molar-refractivity contribution in [3.05, 3.63) is 47.0 Å². The van der Waals surface area contributed by atoms with Crippen molar-refractivity contribution in [1.29, 1.82) is 0 Å². The highest BCUT2D eigenvalue weighted by Gasteiger charge is 2.40. The lowest BCUT2D eigenvalue weighted by Crippen LogP contribution is -2.43. The molecule has 0 saturated heterocycles. The number of aliphatic hydroxyl groups is 1. The third-order valence-electron chi connectivity index (χ3n) is 3.54. The molecule has 0 bridgehead atoms. The van der Waals surface area contributed by atoms with Crippen LogP contribution in [0.2, 0.25) is 0 Å². The zero-order valence-corrected chi connectivity index (χ0v) is 12.3. The number of benzene rings is 1. The molecule has 0 spiro atoms. The highest BCUT2D eigenvalue weighted by molar-refractivity contribution is 5.91. The number of rotatable bonds is 2. The van der Waals surface area contributed by atoms with Crippen LogP contribution in [0.4, 0.5) is 4.39 Å². The first kappa shape index (κ1) is 14.6. The minimum absolute atomic E-state index is 0.0985. The summed E-state index contributed by atoms with van der Waals surface area (Å²) >= 11 is 0. The molecule has 0 fully saturated rings. The molecule has 1 atom stereocenters. The molecule has 0 radical (unpaired) electrons. The van der Waals surface area contributed by atoms with Gasteiger partial charge in [0, 0.05) is 12.6 Å². The van der Waals surface area contributed by atoms with Gasteiger partial charge in [-0.2, -0.15) is 0 Å². The predicted molar refractivity (Wildman–Crippen MR) is 75.6 cm³/mol. The maximum atomic E-state index is 13.3. The molecule has 1 aliphatic heterocycles. The van der Waals surface area contributed by atoms with Gasteiger partial charge in [-0.05, 0) is 29.5 Å². The minimum atomic E-state index is -0.347. The standard InChI is InChI=1S/C16H20FNO2/c1-10-7-11(5-6-12(10)17)9-18-14(20)8-13(19)15(18)16(2,3)4/h5-8,15,19H,9H2,1-4H3. The number of hydrogen-bond donors (Lipinski definition) is 1. The van der Waals surface area contributed by atoms with Crippen LogP contribution >= 0.6 is 0 Å². The summed E-state index contributed by atoms with van der Waals surface area (Å²) in [7, 11) is 0. The van der Waals surface area contributed by atoms with Gasteiger partial charge in [0.2, 0.25) is 0 Å². The van der Waals surface area contributed by atoms with Crippen molar-refractivity contribution in [2.45, 2.75) is 40.3 Å². The van der Waals surface area contributed by atoms with Crippen LogP contribution in [-0.2, 0) is 11.3 Å². The Balaban J connectivity index is 2.27. The quantitative estimate of drug-likeness (QED) is 0.900. The first-order valence-electron chi connectivity index (χ1n) is 6.66. The maximum Gasteiger partial charge on any atom is 0.250 e. The minimum Gasteiger partial charge on any atom is -0.510 e. The highest BCUT2D eigenvalue weighted by atomic mass is 19.1. The molecular formula is C16H20FNO2. The average Bonchev–Trinajstić information content (AvgIpc) is 2.58. The van der Waals surface area contributed by atoms with Crippen molar-refractivity contribution in [3.8, 4) is 0 Å². The second-order valence-electron chi connectivity index (χ2n) is 6.39. The normalized spacial score (nSPS) is 19.4. The van der Waals surface area contributed by atoms with E-state index in [1.807, 2.05) is 20.8 Å². The van der Waals surface area contributed by atoms with E-state index in [1.54, 1.807) is 24.0 Å². The Morgan fingerprint density at radius 3 is 2.55 bits per heavy atom. The van der Waals surface area contributed by atoms with Crippen molar-refractivity contribution in [2.24, 2.45) is 5.41 Å². The molecule has 0 aliphatic carbocycles. The SMILES string of the molecule is Cc1cc(CN2C(=O)C=C(O)C2C(C)(C)C)ccc1F. The molecule has 0 aromatic heterocycles. The summed E-state index contributed by atoms with van der Waals surface area (Å²) in [5.74, 6) is -0.361. The summed E-state index contributed by atoms with van der Waals surface area (Å²) < 4.78 is 13.3. The number of halogens is 1. The summed E-state index contributed by atoms with van der Waals surface area (Å²) in [6.45, 7) is 7.99. The zero-order valence-electron chi connectivity index (χ0n) is 12.3. The Bertz CT molecular complexity index is 572. The van der Waals surface area contributed by atoms with Crippen molar-refractivity contribution < 1.29 is 14.3 Å². The van der Waals surface area contributed by atoms with Crippen molar-refractivity contribution >= 4 is 5.91 Å². The summed E-state index contributed by atoms with van der Waals surface area (Å²) in [6.07, 6.45) is 1.27. The fraction of sp³-hybridized carbons (Fsp3) is 0.438. The smallest absolute Gasteiger partial charge is 0.250 e. The van der Waals surface area contributed by atoms with Crippen molar-refractivity contribution in [2.75, 3.05) is 0 Å².